The lowest BCUT2D eigenvalue weighted by Crippen LogP contribution is -2.44. The Kier molecular flexibility index (Phi) is 9.16. The maximum atomic E-state index is 12.6. The van der Waals surface area contributed by atoms with Crippen molar-refractivity contribution in [1.29, 1.82) is 0 Å². The topological polar surface area (TPSA) is 50.4 Å². The van der Waals surface area contributed by atoms with Crippen molar-refractivity contribution in [2.75, 3.05) is 26.8 Å². The molecular formula is C12H22ClF3N2O2. The molecule has 1 aliphatic rings. The molecule has 0 aromatic rings. The van der Waals surface area contributed by atoms with Crippen LogP contribution in [-0.4, -0.2) is 44.9 Å². The molecule has 0 radical (unpaired) electrons. The number of rotatable bonds is 6. The van der Waals surface area contributed by atoms with Gasteiger partial charge >= 0.3 is 6.18 Å². The van der Waals surface area contributed by atoms with E-state index in [9.17, 15) is 18.0 Å². The van der Waals surface area contributed by atoms with Crippen molar-refractivity contribution in [2.45, 2.75) is 37.9 Å². The van der Waals surface area contributed by atoms with Crippen LogP contribution >= 0.6 is 12.4 Å². The first-order chi connectivity index (χ1) is 8.93. The molecule has 120 valence electrons. The van der Waals surface area contributed by atoms with E-state index in [-0.39, 0.29) is 43.7 Å². The van der Waals surface area contributed by atoms with Crippen molar-refractivity contribution in [3.63, 3.8) is 0 Å². The molecule has 1 saturated carbocycles. The van der Waals surface area contributed by atoms with E-state index in [0.29, 0.717) is 26.0 Å². The molecule has 20 heavy (non-hydrogen) atoms. The zero-order valence-corrected chi connectivity index (χ0v) is 12.3. The molecule has 0 aliphatic heterocycles. The second kappa shape index (κ2) is 9.41. The molecule has 1 aliphatic carbocycles. The number of alkyl halides is 3. The smallest absolute Gasteiger partial charge is 0.383 e. The van der Waals surface area contributed by atoms with E-state index in [1.807, 2.05) is 0 Å². The van der Waals surface area contributed by atoms with Gasteiger partial charge in [0.25, 0.3) is 0 Å². The molecular weight excluding hydrogens is 297 g/mol. The van der Waals surface area contributed by atoms with Gasteiger partial charge in [-0.2, -0.15) is 13.2 Å². The predicted molar refractivity (Wildman–Crippen MR) is 71.9 cm³/mol. The van der Waals surface area contributed by atoms with Crippen molar-refractivity contribution >= 4 is 18.3 Å². The fourth-order valence-corrected chi connectivity index (χ4v) is 2.27. The van der Waals surface area contributed by atoms with Gasteiger partial charge in [-0.05, 0) is 19.3 Å². The second-order valence-corrected chi connectivity index (χ2v) is 4.84. The number of halogens is 4. The Morgan fingerprint density at radius 1 is 1.35 bits per heavy atom. The van der Waals surface area contributed by atoms with E-state index >= 15 is 0 Å². The van der Waals surface area contributed by atoms with Crippen molar-refractivity contribution in [3.05, 3.63) is 0 Å². The number of carbonyl (C=O) groups is 1. The second-order valence-electron chi connectivity index (χ2n) is 4.84. The van der Waals surface area contributed by atoms with Crippen LogP contribution in [0.15, 0.2) is 0 Å². The Balaban J connectivity index is 0.00000361. The summed E-state index contributed by atoms with van der Waals surface area (Å²) >= 11 is 0. The monoisotopic (exact) mass is 318 g/mol. The predicted octanol–water partition coefficient (Wildman–Crippen LogP) is 1.88. The molecule has 2 N–H and O–H groups in total. The van der Waals surface area contributed by atoms with E-state index in [2.05, 4.69) is 10.6 Å². The SMILES string of the molecule is COCCNCC(=O)NC1CCCC(C(F)(F)F)C1.Cl. The number of ether oxygens (including phenoxy) is 1. The van der Waals surface area contributed by atoms with E-state index in [1.54, 1.807) is 7.11 Å². The van der Waals surface area contributed by atoms with Gasteiger partial charge in [-0.15, -0.1) is 12.4 Å². The van der Waals surface area contributed by atoms with E-state index in [4.69, 9.17) is 4.74 Å². The van der Waals surface area contributed by atoms with Gasteiger partial charge < -0.3 is 15.4 Å². The fraction of sp³-hybridized carbons (Fsp3) is 0.917. The average molecular weight is 319 g/mol. The lowest BCUT2D eigenvalue weighted by Gasteiger charge is -2.31. The molecule has 1 rings (SSSR count). The summed E-state index contributed by atoms with van der Waals surface area (Å²) < 4.78 is 42.6. The Labute approximate surface area is 123 Å². The van der Waals surface area contributed by atoms with Crippen molar-refractivity contribution in [3.8, 4) is 0 Å². The lowest BCUT2D eigenvalue weighted by molar-refractivity contribution is -0.184. The van der Waals surface area contributed by atoms with Gasteiger partial charge in [0.1, 0.15) is 0 Å². The van der Waals surface area contributed by atoms with Crippen LogP contribution < -0.4 is 10.6 Å². The summed E-state index contributed by atoms with van der Waals surface area (Å²) in [6, 6.07) is -0.364. The van der Waals surface area contributed by atoms with Gasteiger partial charge in [-0.25, -0.2) is 0 Å². The molecule has 0 spiro atoms. The van der Waals surface area contributed by atoms with Crippen LogP contribution in [0.25, 0.3) is 0 Å². The van der Waals surface area contributed by atoms with Gasteiger partial charge in [0, 0.05) is 19.7 Å². The highest BCUT2D eigenvalue weighted by atomic mass is 35.5. The first-order valence-electron chi connectivity index (χ1n) is 6.49. The van der Waals surface area contributed by atoms with Crippen LogP contribution in [0.2, 0.25) is 0 Å². The molecule has 0 aromatic carbocycles. The van der Waals surface area contributed by atoms with Crippen LogP contribution in [0.1, 0.15) is 25.7 Å². The lowest BCUT2D eigenvalue weighted by atomic mass is 9.85. The Morgan fingerprint density at radius 2 is 2.05 bits per heavy atom. The van der Waals surface area contributed by atoms with Crippen LogP contribution in [0.3, 0.4) is 0 Å². The maximum Gasteiger partial charge on any atom is 0.391 e. The summed E-state index contributed by atoms with van der Waals surface area (Å²) in [7, 11) is 1.56. The molecule has 0 heterocycles. The minimum absolute atomic E-state index is 0. The van der Waals surface area contributed by atoms with E-state index in [0.717, 1.165) is 0 Å². The van der Waals surface area contributed by atoms with Gasteiger partial charge in [0.15, 0.2) is 0 Å². The van der Waals surface area contributed by atoms with Gasteiger partial charge in [0.05, 0.1) is 19.1 Å². The first-order valence-corrected chi connectivity index (χ1v) is 6.49. The van der Waals surface area contributed by atoms with Gasteiger partial charge in [0.2, 0.25) is 5.91 Å². The van der Waals surface area contributed by atoms with Crippen molar-refractivity contribution in [1.82, 2.24) is 10.6 Å². The maximum absolute atomic E-state index is 12.6. The molecule has 4 nitrogen and oxygen atoms in total. The molecule has 2 atom stereocenters. The molecule has 1 fully saturated rings. The summed E-state index contributed by atoms with van der Waals surface area (Å²) in [5.74, 6) is -1.54. The minimum atomic E-state index is -4.15. The van der Waals surface area contributed by atoms with Crippen LogP contribution in [0.4, 0.5) is 13.2 Å². The van der Waals surface area contributed by atoms with Crippen LogP contribution in [-0.2, 0) is 9.53 Å². The highest BCUT2D eigenvalue weighted by molar-refractivity contribution is 5.85. The summed E-state index contributed by atoms with van der Waals surface area (Å²) in [5, 5.41) is 5.51. The quantitative estimate of drug-likeness (QED) is 0.735. The van der Waals surface area contributed by atoms with Crippen LogP contribution in [0, 0.1) is 5.92 Å². The summed E-state index contributed by atoms with van der Waals surface area (Å²) in [6.07, 6.45) is -2.86. The molecule has 2 unspecified atom stereocenters. The van der Waals surface area contributed by atoms with Gasteiger partial charge in [-0.3, -0.25) is 4.79 Å². The van der Waals surface area contributed by atoms with E-state index in [1.165, 1.54) is 0 Å². The Bertz CT molecular complexity index is 290. The Morgan fingerprint density at radius 3 is 2.65 bits per heavy atom. The number of nitrogens with one attached hydrogen (secondary N) is 2. The van der Waals surface area contributed by atoms with Gasteiger partial charge in [-0.1, -0.05) is 6.42 Å². The summed E-state index contributed by atoms with van der Waals surface area (Å²) in [6.45, 7) is 1.14. The number of hydrogen-bond donors (Lipinski definition) is 2. The first kappa shape index (κ1) is 19.5. The third-order valence-corrected chi connectivity index (χ3v) is 3.27. The average Bonchev–Trinajstić information content (AvgIpc) is 2.34. The number of carbonyl (C=O) groups excluding carboxylic acids is 1. The summed E-state index contributed by atoms with van der Waals surface area (Å²) in [5.41, 5.74) is 0. The Hall–Kier alpha value is -0.530. The van der Waals surface area contributed by atoms with Crippen molar-refractivity contribution in [2.24, 2.45) is 5.92 Å². The molecule has 0 saturated heterocycles. The number of hydrogen-bond acceptors (Lipinski definition) is 3. The van der Waals surface area contributed by atoms with E-state index < -0.39 is 12.1 Å². The zero-order valence-electron chi connectivity index (χ0n) is 11.5. The largest absolute Gasteiger partial charge is 0.391 e. The van der Waals surface area contributed by atoms with Crippen LogP contribution in [0.5, 0.6) is 0 Å². The normalized spacial score (nSPS) is 23.0. The zero-order chi connectivity index (χ0) is 14.3. The van der Waals surface area contributed by atoms with Crippen molar-refractivity contribution < 1.29 is 22.7 Å². The standard InChI is InChI=1S/C12H21F3N2O2.ClH/c1-19-6-5-16-8-11(18)17-10-4-2-3-9(7-10)12(13,14)15;/h9-10,16H,2-8H2,1H3,(H,17,18);1H. The highest BCUT2D eigenvalue weighted by Gasteiger charge is 2.42. The molecule has 1 amide bonds. The number of amides is 1. The minimum Gasteiger partial charge on any atom is -0.383 e. The highest BCUT2D eigenvalue weighted by Crippen LogP contribution is 2.37. The third kappa shape index (κ3) is 7.31. The molecule has 0 aromatic heterocycles. The number of methoxy groups -OCH3 is 1. The molecule has 0 bridgehead atoms. The third-order valence-electron chi connectivity index (χ3n) is 3.27. The summed E-state index contributed by atoms with van der Waals surface area (Å²) in [4.78, 5) is 11.5. The molecule has 8 heteroatoms. The fourth-order valence-electron chi connectivity index (χ4n) is 2.27.